The summed E-state index contributed by atoms with van der Waals surface area (Å²) in [6, 6.07) is 11.7. The lowest BCUT2D eigenvalue weighted by atomic mass is 10.0. The number of rotatable bonds is 11. The topological polar surface area (TPSA) is 88.1 Å². The Labute approximate surface area is 251 Å². The van der Waals surface area contributed by atoms with Crippen molar-refractivity contribution in [2.24, 2.45) is 0 Å². The van der Waals surface area contributed by atoms with Crippen molar-refractivity contribution in [2.45, 2.75) is 36.5 Å². The second-order valence-corrected chi connectivity index (χ2v) is 12.6. The van der Waals surface area contributed by atoms with Crippen LogP contribution in [-0.4, -0.2) is 95.5 Å². The fourth-order valence-electron chi connectivity index (χ4n) is 5.01. The third kappa shape index (κ3) is 8.14. The van der Waals surface area contributed by atoms with E-state index < -0.39 is 22.7 Å². The van der Waals surface area contributed by atoms with Crippen molar-refractivity contribution < 1.29 is 31.1 Å². The van der Waals surface area contributed by atoms with Gasteiger partial charge in [-0.1, -0.05) is 12.0 Å². The second-order valence-electron chi connectivity index (χ2n) is 10.5. The van der Waals surface area contributed by atoms with E-state index in [9.17, 15) is 21.6 Å². The summed E-state index contributed by atoms with van der Waals surface area (Å²) in [6.45, 7) is 1.29. The molecular weight excluding hydrogens is 583 g/mol. The van der Waals surface area contributed by atoms with E-state index in [1.54, 1.807) is 24.3 Å². The van der Waals surface area contributed by atoms with Crippen LogP contribution in [0.25, 0.3) is 10.9 Å². The van der Waals surface area contributed by atoms with Crippen molar-refractivity contribution in [1.29, 1.82) is 0 Å². The number of methoxy groups -OCH3 is 2. The molecule has 1 aliphatic heterocycles. The number of ether oxygens (including phenoxy) is 2. The largest absolute Gasteiger partial charge is 0.495 e. The Morgan fingerprint density at radius 1 is 1.09 bits per heavy atom. The Morgan fingerprint density at radius 2 is 1.84 bits per heavy atom. The van der Waals surface area contributed by atoms with Gasteiger partial charge in [-0.15, -0.1) is 0 Å². The molecule has 1 aromatic heterocycles. The van der Waals surface area contributed by atoms with Crippen molar-refractivity contribution in [3.8, 4) is 17.6 Å². The molecule has 1 fully saturated rings. The SMILES string of the molecule is COCCN(C)S(=O)(=O)c1ccc(NCC#Cc2cc3c(NC4CCN(C)CC4)cccc3n2CC(F)(F)F)c(OC)c1. The molecule has 0 atom stereocenters. The highest BCUT2D eigenvalue weighted by molar-refractivity contribution is 7.89. The first kappa shape index (κ1) is 32.5. The summed E-state index contributed by atoms with van der Waals surface area (Å²) in [7, 11) is 2.70. The van der Waals surface area contributed by atoms with Crippen LogP contribution in [-0.2, 0) is 21.3 Å². The third-order valence-corrected chi connectivity index (χ3v) is 9.29. The van der Waals surface area contributed by atoms with Crippen LogP contribution in [0.1, 0.15) is 18.5 Å². The van der Waals surface area contributed by atoms with Crippen molar-refractivity contribution in [1.82, 2.24) is 13.8 Å². The number of benzene rings is 2. The molecule has 1 saturated heterocycles. The molecule has 0 saturated carbocycles. The monoisotopic (exact) mass is 621 g/mol. The van der Waals surface area contributed by atoms with Crippen LogP contribution in [0.3, 0.4) is 0 Å². The number of aromatic nitrogens is 1. The van der Waals surface area contributed by atoms with Gasteiger partial charge in [0.05, 0.1) is 42.1 Å². The number of anilines is 2. The number of nitrogens with one attached hydrogen (secondary N) is 2. The predicted octanol–water partition coefficient (Wildman–Crippen LogP) is 4.45. The lowest BCUT2D eigenvalue weighted by Gasteiger charge is -2.30. The van der Waals surface area contributed by atoms with Gasteiger partial charge in [0.1, 0.15) is 12.3 Å². The maximum atomic E-state index is 13.6. The molecule has 2 aromatic carbocycles. The Balaban J connectivity index is 1.55. The Hall–Kier alpha value is -3.44. The first-order chi connectivity index (χ1) is 20.4. The minimum absolute atomic E-state index is 0.0564. The molecular formula is C30H38F3N5O4S. The normalized spacial score (nSPS) is 15.0. The van der Waals surface area contributed by atoms with Crippen LogP contribution in [0.15, 0.2) is 47.4 Å². The number of hydrogen-bond acceptors (Lipinski definition) is 7. The Kier molecular flexibility index (Phi) is 10.5. The molecule has 0 aliphatic carbocycles. The van der Waals surface area contributed by atoms with Gasteiger partial charge >= 0.3 is 6.18 Å². The number of sulfonamides is 1. The summed E-state index contributed by atoms with van der Waals surface area (Å²) in [4.78, 5) is 2.32. The molecule has 4 rings (SSSR count). The minimum atomic E-state index is -4.43. The van der Waals surface area contributed by atoms with Gasteiger partial charge in [0.25, 0.3) is 0 Å². The number of halogens is 3. The standard InChI is InChI=1S/C30H38F3N5O4S/c1-36-15-12-22(13-16-36)35-26-8-5-9-28-25(26)19-23(38(28)21-30(31,32)33)7-6-14-34-27-11-10-24(20-29(27)42-4)43(39,40)37(2)17-18-41-3/h5,8-11,19-20,22,34-35H,12-18,21H2,1-4H3. The van der Waals surface area contributed by atoms with E-state index in [0.29, 0.717) is 22.3 Å². The summed E-state index contributed by atoms with van der Waals surface area (Å²) in [5.41, 5.74) is 2.00. The zero-order chi connectivity index (χ0) is 31.2. The molecule has 3 aromatic rings. The van der Waals surface area contributed by atoms with Gasteiger partial charge in [0.15, 0.2) is 0 Å². The number of nitrogens with zero attached hydrogens (tertiary/aromatic N) is 3. The molecule has 2 heterocycles. The van der Waals surface area contributed by atoms with Crippen molar-refractivity contribution in [3.63, 3.8) is 0 Å². The maximum Gasteiger partial charge on any atom is 0.406 e. The number of fused-ring (bicyclic) bond motifs is 1. The van der Waals surface area contributed by atoms with Gasteiger partial charge < -0.3 is 29.6 Å². The molecule has 43 heavy (non-hydrogen) atoms. The fraction of sp³-hybridized carbons (Fsp3) is 0.467. The molecule has 0 spiro atoms. The van der Waals surface area contributed by atoms with Gasteiger partial charge in [-0.05, 0) is 69.2 Å². The summed E-state index contributed by atoms with van der Waals surface area (Å²) < 4.78 is 79.3. The fourth-order valence-corrected chi connectivity index (χ4v) is 6.18. The highest BCUT2D eigenvalue weighted by atomic mass is 32.2. The van der Waals surface area contributed by atoms with E-state index in [4.69, 9.17) is 9.47 Å². The number of likely N-dealkylation sites (tertiary alicyclic amines) is 1. The molecule has 9 nitrogen and oxygen atoms in total. The summed E-state index contributed by atoms with van der Waals surface area (Å²) in [5, 5.41) is 7.30. The van der Waals surface area contributed by atoms with Crippen molar-refractivity contribution >= 4 is 32.3 Å². The van der Waals surface area contributed by atoms with Crippen LogP contribution < -0.4 is 15.4 Å². The first-order valence-corrected chi connectivity index (χ1v) is 15.4. The average molecular weight is 622 g/mol. The molecule has 13 heteroatoms. The van der Waals surface area contributed by atoms with Crippen LogP contribution in [0.2, 0.25) is 0 Å². The lowest BCUT2D eigenvalue weighted by molar-refractivity contribution is -0.140. The predicted molar refractivity (Wildman–Crippen MR) is 162 cm³/mol. The van der Waals surface area contributed by atoms with Gasteiger partial charge in [0, 0.05) is 43.9 Å². The molecule has 0 radical (unpaired) electrons. The average Bonchev–Trinajstić information content (AvgIpc) is 3.31. The van der Waals surface area contributed by atoms with Gasteiger partial charge in [0.2, 0.25) is 10.0 Å². The second kappa shape index (κ2) is 13.9. The van der Waals surface area contributed by atoms with E-state index in [-0.39, 0.29) is 36.3 Å². The van der Waals surface area contributed by atoms with E-state index in [1.165, 1.54) is 42.3 Å². The molecule has 2 N–H and O–H groups in total. The van der Waals surface area contributed by atoms with Crippen molar-refractivity contribution in [2.75, 3.05) is 71.7 Å². The quantitative estimate of drug-likeness (QED) is 0.306. The first-order valence-electron chi connectivity index (χ1n) is 13.9. The van der Waals surface area contributed by atoms with E-state index in [1.807, 2.05) is 6.07 Å². The molecule has 1 aliphatic rings. The molecule has 0 bridgehead atoms. The van der Waals surface area contributed by atoms with Crippen LogP contribution >= 0.6 is 0 Å². The molecule has 0 unspecified atom stereocenters. The zero-order valence-electron chi connectivity index (χ0n) is 24.8. The summed E-state index contributed by atoms with van der Waals surface area (Å²) >= 11 is 0. The van der Waals surface area contributed by atoms with E-state index in [2.05, 4.69) is 34.4 Å². The maximum absolute atomic E-state index is 13.6. The molecule has 234 valence electrons. The van der Waals surface area contributed by atoms with E-state index in [0.717, 1.165) is 31.6 Å². The number of piperidine rings is 1. The molecule has 0 amide bonds. The van der Waals surface area contributed by atoms with Crippen LogP contribution in [0, 0.1) is 11.8 Å². The minimum Gasteiger partial charge on any atom is -0.495 e. The summed E-state index contributed by atoms with van der Waals surface area (Å²) in [6.07, 6.45) is -2.52. The smallest absolute Gasteiger partial charge is 0.406 e. The third-order valence-electron chi connectivity index (χ3n) is 7.44. The van der Waals surface area contributed by atoms with Gasteiger partial charge in [-0.3, -0.25) is 0 Å². The number of likely N-dealkylation sites (N-methyl/N-ethyl adjacent to an activating group) is 1. The van der Waals surface area contributed by atoms with Crippen LogP contribution in [0.4, 0.5) is 24.5 Å². The van der Waals surface area contributed by atoms with Gasteiger partial charge in [-0.25, -0.2) is 8.42 Å². The Bertz CT molecular complexity index is 1570. The van der Waals surface area contributed by atoms with Crippen molar-refractivity contribution in [3.05, 3.63) is 48.2 Å². The van der Waals surface area contributed by atoms with Gasteiger partial charge in [-0.2, -0.15) is 17.5 Å². The highest BCUT2D eigenvalue weighted by Crippen LogP contribution is 2.32. The lowest BCUT2D eigenvalue weighted by Crippen LogP contribution is -2.36. The highest BCUT2D eigenvalue weighted by Gasteiger charge is 2.30. The van der Waals surface area contributed by atoms with Crippen LogP contribution in [0.5, 0.6) is 5.75 Å². The Morgan fingerprint density at radius 3 is 2.51 bits per heavy atom. The number of alkyl halides is 3. The zero-order valence-corrected chi connectivity index (χ0v) is 25.6. The number of hydrogen-bond donors (Lipinski definition) is 2. The summed E-state index contributed by atoms with van der Waals surface area (Å²) in [5.74, 6) is 6.10. The van der Waals surface area contributed by atoms with E-state index >= 15 is 0 Å².